The highest BCUT2D eigenvalue weighted by Gasteiger charge is 2.20. The minimum atomic E-state index is -0.518. The molecule has 2 atom stereocenters. The summed E-state index contributed by atoms with van der Waals surface area (Å²) in [5.74, 6) is -0.315. The zero-order valence-corrected chi connectivity index (χ0v) is 12.0. The molecule has 104 valence electrons. The SMILES string of the molecule is O=C(NCC1CCCC(Cl)C1)c1ccc(F)c(Cl)c1. The number of benzene rings is 1. The Balaban J connectivity index is 1.88. The first-order valence-corrected chi connectivity index (χ1v) is 7.25. The average molecular weight is 304 g/mol. The predicted octanol–water partition coefficient (Wildman–Crippen LogP) is 4.01. The largest absolute Gasteiger partial charge is 0.352 e. The van der Waals surface area contributed by atoms with Gasteiger partial charge in [0.1, 0.15) is 5.82 Å². The van der Waals surface area contributed by atoms with Crippen LogP contribution in [0.3, 0.4) is 0 Å². The Morgan fingerprint density at radius 1 is 1.42 bits per heavy atom. The number of halogens is 3. The van der Waals surface area contributed by atoms with E-state index in [0.717, 1.165) is 25.7 Å². The number of rotatable bonds is 3. The van der Waals surface area contributed by atoms with Crippen LogP contribution in [0, 0.1) is 11.7 Å². The standard InChI is InChI=1S/C14H16Cl2FNO/c15-11-3-1-2-9(6-11)8-18-14(19)10-4-5-13(17)12(16)7-10/h4-5,7,9,11H,1-3,6,8H2,(H,18,19). The van der Waals surface area contributed by atoms with E-state index in [1.54, 1.807) is 0 Å². The molecule has 1 aliphatic carbocycles. The fourth-order valence-electron chi connectivity index (χ4n) is 2.39. The highest BCUT2D eigenvalue weighted by molar-refractivity contribution is 6.31. The highest BCUT2D eigenvalue weighted by atomic mass is 35.5. The van der Waals surface area contributed by atoms with Gasteiger partial charge < -0.3 is 5.32 Å². The maximum atomic E-state index is 13.0. The second-order valence-electron chi connectivity index (χ2n) is 4.97. The molecule has 1 aliphatic rings. The van der Waals surface area contributed by atoms with Crippen LogP contribution >= 0.6 is 23.2 Å². The summed E-state index contributed by atoms with van der Waals surface area (Å²) in [6.45, 7) is 0.608. The zero-order valence-electron chi connectivity index (χ0n) is 10.5. The van der Waals surface area contributed by atoms with E-state index in [4.69, 9.17) is 23.2 Å². The van der Waals surface area contributed by atoms with Crippen molar-refractivity contribution in [2.24, 2.45) is 5.92 Å². The third-order valence-corrected chi connectivity index (χ3v) is 4.14. The topological polar surface area (TPSA) is 29.1 Å². The maximum Gasteiger partial charge on any atom is 0.251 e. The molecule has 1 N–H and O–H groups in total. The van der Waals surface area contributed by atoms with Crippen LogP contribution in [-0.4, -0.2) is 17.8 Å². The molecule has 19 heavy (non-hydrogen) atoms. The summed E-state index contributed by atoms with van der Waals surface area (Å²) in [6.07, 6.45) is 4.19. The lowest BCUT2D eigenvalue weighted by molar-refractivity contribution is 0.0943. The van der Waals surface area contributed by atoms with E-state index in [1.807, 2.05) is 0 Å². The van der Waals surface area contributed by atoms with Crippen LogP contribution in [0.15, 0.2) is 18.2 Å². The van der Waals surface area contributed by atoms with Gasteiger partial charge in [-0.05, 0) is 43.4 Å². The summed E-state index contributed by atoms with van der Waals surface area (Å²) in [6, 6.07) is 3.98. The summed E-state index contributed by atoms with van der Waals surface area (Å²) >= 11 is 11.8. The Hall–Kier alpha value is -0.800. The van der Waals surface area contributed by atoms with Crippen molar-refractivity contribution < 1.29 is 9.18 Å². The molecule has 5 heteroatoms. The molecule has 1 fully saturated rings. The van der Waals surface area contributed by atoms with Crippen molar-refractivity contribution in [3.63, 3.8) is 0 Å². The third kappa shape index (κ3) is 4.08. The van der Waals surface area contributed by atoms with Gasteiger partial charge in [-0.3, -0.25) is 4.79 Å². The summed E-state index contributed by atoms with van der Waals surface area (Å²) < 4.78 is 13.0. The second-order valence-corrected chi connectivity index (χ2v) is 5.99. The molecule has 1 saturated carbocycles. The summed E-state index contributed by atoms with van der Waals surface area (Å²) in [7, 11) is 0. The Morgan fingerprint density at radius 3 is 2.89 bits per heavy atom. The molecule has 1 amide bonds. The van der Waals surface area contributed by atoms with Gasteiger partial charge in [0, 0.05) is 17.5 Å². The number of nitrogens with one attached hydrogen (secondary N) is 1. The molecule has 2 unspecified atom stereocenters. The van der Waals surface area contributed by atoms with Gasteiger partial charge in [0.15, 0.2) is 0 Å². The Labute approximate surface area is 122 Å². The Morgan fingerprint density at radius 2 is 2.21 bits per heavy atom. The average Bonchev–Trinajstić information content (AvgIpc) is 2.39. The predicted molar refractivity (Wildman–Crippen MR) is 75.3 cm³/mol. The summed E-state index contributed by atoms with van der Waals surface area (Å²) in [5, 5.41) is 3.04. The monoisotopic (exact) mass is 303 g/mol. The number of carbonyl (C=O) groups excluding carboxylic acids is 1. The summed E-state index contributed by atoms with van der Waals surface area (Å²) in [5.41, 5.74) is 0.379. The van der Waals surface area contributed by atoms with E-state index >= 15 is 0 Å². The first-order chi connectivity index (χ1) is 9.06. The van der Waals surface area contributed by atoms with Crippen molar-refractivity contribution in [3.8, 4) is 0 Å². The molecular formula is C14H16Cl2FNO. The van der Waals surface area contributed by atoms with E-state index in [9.17, 15) is 9.18 Å². The van der Waals surface area contributed by atoms with Crippen molar-refractivity contribution in [2.45, 2.75) is 31.1 Å². The van der Waals surface area contributed by atoms with E-state index in [1.165, 1.54) is 18.2 Å². The molecule has 2 rings (SSSR count). The van der Waals surface area contributed by atoms with Crippen LogP contribution in [0.5, 0.6) is 0 Å². The lowest BCUT2D eigenvalue weighted by Gasteiger charge is -2.25. The normalized spacial score (nSPS) is 23.1. The van der Waals surface area contributed by atoms with Crippen molar-refractivity contribution in [1.29, 1.82) is 0 Å². The zero-order chi connectivity index (χ0) is 13.8. The smallest absolute Gasteiger partial charge is 0.251 e. The number of alkyl halides is 1. The van der Waals surface area contributed by atoms with Crippen molar-refractivity contribution in [1.82, 2.24) is 5.32 Å². The fourth-order valence-corrected chi connectivity index (χ4v) is 2.97. The molecule has 2 nitrogen and oxygen atoms in total. The van der Waals surface area contributed by atoms with E-state index in [2.05, 4.69) is 5.32 Å². The van der Waals surface area contributed by atoms with Gasteiger partial charge in [-0.2, -0.15) is 0 Å². The minimum Gasteiger partial charge on any atom is -0.352 e. The molecule has 0 heterocycles. The molecule has 1 aromatic rings. The molecule has 0 radical (unpaired) electrons. The molecule has 0 spiro atoms. The van der Waals surface area contributed by atoms with Crippen LogP contribution in [0.25, 0.3) is 0 Å². The van der Waals surface area contributed by atoms with Crippen molar-refractivity contribution >= 4 is 29.1 Å². The number of hydrogen-bond acceptors (Lipinski definition) is 1. The number of carbonyl (C=O) groups is 1. The van der Waals surface area contributed by atoms with Crippen molar-refractivity contribution in [3.05, 3.63) is 34.6 Å². The van der Waals surface area contributed by atoms with Gasteiger partial charge in [-0.15, -0.1) is 11.6 Å². The first kappa shape index (κ1) is 14.6. The number of hydrogen-bond donors (Lipinski definition) is 1. The molecule has 0 aromatic heterocycles. The molecule has 0 aliphatic heterocycles. The second kappa shape index (κ2) is 6.58. The number of amides is 1. The molecule has 1 aromatic carbocycles. The van der Waals surface area contributed by atoms with E-state index in [-0.39, 0.29) is 16.3 Å². The van der Waals surface area contributed by atoms with E-state index < -0.39 is 5.82 Å². The van der Waals surface area contributed by atoms with Crippen LogP contribution in [0.1, 0.15) is 36.0 Å². The van der Waals surface area contributed by atoms with Gasteiger partial charge in [0.25, 0.3) is 5.91 Å². The van der Waals surface area contributed by atoms with Crippen LogP contribution in [0.2, 0.25) is 5.02 Å². The molecular weight excluding hydrogens is 288 g/mol. The van der Waals surface area contributed by atoms with Crippen LogP contribution in [-0.2, 0) is 0 Å². The van der Waals surface area contributed by atoms with Crippen molar-refractivity contribution in [2.75, 3.05) is 6.54 Å². The highest BCUT2D eigenvalue weighted by Crippen LogP contribution is 2.27. The van der Waals surface area contributed by atoms with Gasteiger partial charge in [-0.1, -0.05) is 18.0 Å². The van der Waals surface area contributed by atoms with Gasteiger partial charge in [-0.25, -0.2) is 4.39 Å². The van der Waals surface area contributed by atoms with E-state index in [0.29, 0.717) is 18.0 Å². The molecule has 0 saturated heterocycles. The lowest BCUT2D eigenvalue weighted by Crippen LogP contribution is -2.32. The van der Waals surface area contributed by atoms with Crippen LogP contribution in [0.4, 0.5) is 4.39 Å². The fraction of sp³-hybridized carbons (Fsp3) is 0.500. The molecule has 0 bridgehead atoms. The maximum absolute atomic E-state index is 13.0. The Kier molecular flexibility index (Phi) is 5.06. The van der Waals surface area contributed by atoms with Gasteiger partial charge in [0.05, 0.1) is 5.02 Å². The Bertz CT molecular complexity index is 467. The quantitative estimate of drug-likeness (QED) is 0.840. The minimum absolute atomic E-state index is 0.0360. The lowest BCUT2D eigenvalue weighted by atomic mass is 9.89. The first-order valence-electron chi connectivity index (χ1n) is 6.43. The van der Waals surface area contributed by atoms with Gasteiger partial charge in [0.2, 0.25) is 0 Å². The third-order valence-electron chi connectivity index (χ3n) is 3.45. The van der Waals surface area contributed by atoms with Gasteiger partial charge >= 0.3 is 0 Å². The van der Waals surface area contributed by atoms with Crippen LogP contribution < -0.4 is 5.32 Å². The summed E-state index contributed by atoms with van der Waals surface area (Å²) in [4.78, 5) is 11.9.